The average molecular weight is 292 g/mol. The Bertz CT molecular complexity index is 611. The van der Waals surface area contributed by atoms with Gasteiger partial charge >= 0.3 is 5.97 Å². The molecule has 0 aliphatic heterocycles. The minimum absolute atomic E-state index is 0.272. The first-order valence-electron chi connectivity index (χ1n) is 6.00. The fourth-order valence-corrected chi connectivity index (χ4v) is 1.95. The number of methoxy groups -OCH3 is 1. The lowest BCUT2D eigenvalue weighted by atomic mass is 10.1. The van der Waals surface area contributed by atoms with Crippen molar-refractivity contribution in [2.24, 2.45) is 0 Å². The zero-order valence-corrected chi connectivity index (χ0v) is 11.6. The highest BCUT2D eigenvalue weighted by atomic mass is 35.5. The molecule has 0 saturated carbocycles. The van der Waals surface area contributed by atoms with E-state index in [1.165, 1.54) is 0 Å². The Morgan fingerprint density at radius 3 is 2.55 bits per heavy atom. The van der Waals surface area contributed by atoms with Crippen LogP contribution >= 0.6 is 11.6 Å². The molecule has 0 atom stereocenters. The molecule has 2 aromatic rings. The van der Waals surface area contributed by atoms with E-state index in [1.807, 2.05) is 0 Å². The van der Waals surface area contributed by atoms with E-state index in [1.54, 1.807) is 49.6 Å². The molecule has 0 fully saturated rings. The van der Waals surface area contributed by atoms with Crippen molar-refractivity contribution in [3.05, 3.63) is 58.6 Å². The van der Waals surface area contributed by atoms with Gasteiger partial charge in [-0.05, 0) is 35.9 Å². The summed E-state index contributed by atoms with van der Waals surface area (Å²) in [7, 11) is 1.59. The minimum atomic E-state index is -0.930. The van der Waals surface area contributed by atoms with Gasteiger partial charge in [0.2, 0.25) is 0 Å². The highest BCUT2D eigenvalue weighted by Crippen LogP contribution is 2.28. The molecule has 0 spiro atoms. The second kappa shape index (κ2) is 6.30. The van der Waals surface area contributed by atoms with Gasteiger partial charge in [-0.3, -0.25) is 0 Å². The third-order valence-corrected chi connectivity index (χ3v) is 3.08. The van der Waals surface area contributed by atoms with Gasteiger partial charge < -0.3 is 15.2 Å². The summed E-state index contributed by atoms with van der Waals surface area (Å²) in [6, 6.07) is 12.0. The summed E-state index contributed by atoms with van der Waals surface area (Å²) in [5, 5.41) is 12.7. The molecule has 104 valence electrons. The van der Waals surface area contributed by atoms with Gasteiger partial charge in [-0.15, -0.1) is 0 Å². The van der Waals surface area contributed by atoms with Crippen LogP contribution < -0.4 is 10.1 Å². The smallest absolute Gasteiger partial charge is 0.335 e. The monoisotopic (exact) mass is 291 g/mol. The van der Waals surface area contributed by atoms with Crippen molar-refractivity contribution in [2.45, 2.75) is 6.54 Å². The number of nitrogens with one attached hydrogen (secondary N) is 1. The first kappa shape index (κ1) is 14.2. The summed E-state index contributed by atoms with van der Waals surface area (Å²) in [5.74, 6) is -0.224. The van der Waals surface area contributed by atoms with Crippen molar-refractivity contribution in [1.29, 1.82) is 0 Å². The zero-order chi connectivity index (χ0) is 14.5. The normalized spacial score (nSPS) is 10.1. The molecule has 0 heterocycles. The Balaban J connectivity index is 2.08. The lowest BCUT2D eigenvalue weighted by Crippen LogP contribution is -2.02. The van der Waals surface area contributed by atoms with Crippen molar-refractivity contribution in [3.8, 4) is 5.75 Å². The SMILES string of the molecule is COc1ccc(Cl)cc1NCc1ccc(C(=O)O)cc1. The van der Waals surface area contributed by atoms with Crippen LogP contribution in [0.1, 0.15) is 15.9 Å². The number of halogens is 1. The van der Waals surface area contributed by atoms with E-state index in [9.17, 15) is 4.79 Å². The van der Waals surface area contributed by atoms with Crippen LogP contribution in [0.3, 0.4) is 0 Å². The summed E-state index contributed by atoms with van der Waals surface area (Å²) in [4.78, 5) is 10.8. The molecule has 0 amide bonds. The van der Waals surface area contributed by atoms with E-state index in [0.29, 0.717) is 17.3 Å². The molecule has 0 radical (unpaired) electrons. The Labute approximate surface area is 122 Å². The molecule has 0 aliphatic carbocycles. The first-order valence-corrected chi connectivity index (χ1v) is 6.37. The van der Waals surface area contributed by atoms with E-state index in [4.69, 9.17) is 21.4 Å². The molecule has 20 heavy (non-hydrogen) atoms. The number of carboxylic acids is 1. The number of hydrogen-bond acceptors (Lipinski definition) is 3. The van der Waals surface area contributed by atoms with Crippen LogP contribution in [0.25, 0.3) is 0 Å². The van der Waals surface area contributed by atoms with E-state index >= 15 is 0 Å². The fourth-order valence-electron chi connectivity index (χ4n) is 1.78. The highest BCUT2D eigenvalue weighted by Gasteiger charge is 2.05. The van der Waals surface area contributed by atoms with Crippen LogP contribution in [0, 0.1) is 0 Å². The Morgan fingerprint density at radius 1 is 1.25 bits per heavy atom. The second-order valence-electron chi connectivity index (χ2n) is 4.20. The van der Waals surface area contributed by atoms with Crippen LogP contribution in [-0.2, 0) is 6.54 Å². The van der Waals surface area contributed by atoms with Gasteiger partial charge in [0.15, 0.2) is 0 Å². The number of hydrogen-bond donors (Lipinski definition) is 2. The molecule has 0 bridgehead atoms. The topological polar surface area (TPSA) is 58.6 Å². The number of carbonyl (C=O) groups is 1. The van der Waals surface area contributed by atoms with Crippen molar-refractivity contribution in [3.63, 3.8) is 0 Å². The molecule has 2 aromatic carbocycles. The maximum Gasteiger partial charge on any atom is 0.335 e. The number of aromatic carboxylic acids is 1. The Kier molecular flexibility index (Phi) is 4.48. The van der Waals surface area contributed by atoms with Crippen LogP contribution in [-0.4, -0.2) is 18.2 Å². The molecule has 0 aliphatic rings. The van der Waals surface area contributed by atoms with E-state index in [2.05, 4.69) is 5.32 Å². The third-order valence-electron chi connectivity index (χ3n) is 2.85. The van der Waals surface area contributed by atoms with Gasteiger partial charge in [0.05, 0.1) is 18.4 Å². The van der Waals surface area contributed by atoms with Gasteiger partial charge in [-0.25, -0.2) is 4.79 Å². The molecule has 0 saturated heterocycles. The van der Waals surface area contributed by atoms with Gasteiger partial charge in [0, 0.05) is 11.6 Å². The molecule has 4 nitrogen and oxygen atoms in total. The molecular formula is C15H14ClNO3. The third kappa shape index (κ3) is 3.42. The minimum Gasteiger partial charge on any atom is -0.495 e. The summed E-state index contributed by atoms with van der Waals surface area (Å²) in [5.41, 5.74) is 2.04. The predicted octanol–water partition coefficient (Wildman–Crippen LogP) is 3.66. The van der Waals surface area contributed by atoms with Gasteiger partial charge in [-0.2, -0.15) is 0 Å². The van der Waals surface area contributed by atoms with Crippen LogP contribution in [0.15, 0.2) is 42.5 Å². The van der Waals surface area contributed by atoms with Gasteiger partial charge in [0.1, 0.15) is 5.75 Å². The predicted molar refractivity (Wildman–Crippen MR) is 78.7 cm³/mol. The van der Waals surface area contributed by atoms with Gasteiger partial charge in [0.25, 0.3) is 0 Å². The molecular weight excluding hydrogens is 278 g/mol. The summed E-state index contributed by atoms with van der Waals surface area (Å²) in [6.45, 7) is 0.552. The van der Waals surface area contributed by atoms with Crippen LogP contribution in [0.2, 0.25) is 5.02 Å². The molecule has 2 rings (SSSR count). The second-order valence-corrected chi connectivity index (χ2v) is 4.64. The quantitative estimate of drug-likeness (QED) is 0.882. The number of carboxylic acid groups (broad SMARTS) is 1. The molecule has 5 heteroatoms. The Hall–Kier alpha value is -2.20. The summed E-state index contributed by atoms with van der Waals surface area (Å²) < 4.78 is 5.24. The number of benzene rings is 2. The van der Waals surface area contributed by atoms with Crippen LogP contribution in [0.5, 0.6) is 5.75 Å². The molecule has 0 aromatic heterocycles. The highest BCUT2D eigenvalue weighted by molar-refractivity contribution is 6.30. The maximum atomic E-state index is 10.8. The van der Waals surface area contributed by atoms with E-state index in [0.717, 1.165) is 11.3 Å². The van der Waals surface area contributed by atoms with Crippen molar-refractivity contribution >= 4 is 23.3 Å². The lowest BCUT2D eigenvalue weighted by molar-refractivity contribution is 0.0697. The molecule has 2 N–H and O–H groups in total. The maximum absolute atomic E-state index is 10.8. The van der Waals surface area contributed by atoms with Crippen LogP contribution in [0.4, 0.5) is 5.69 Å². The van der Waals surface area contributed by atoms with E-state index in [-0.39, 0.29) is 5.56 Å². The average Bonchev–Trinajstić information content (AvgIpc) is 2.45. The number of anilines is 1. The lowest BCUT2D eigenvalue weighted by Gasteiger charge is -2.11. The van der Waals surface area contributed by atoms with E-state index < -0.39 is 5.97 Å². The zero-order valence-electron chi connectivity index (χ0n) is 10.9. The number of ether oxygens (including phenoxy) is 1. The molecule has 0 unspecified atom stereocenters. The fraction of sp³-hybridized carbons (Fsp3) is 0.133. The summed E-state index contributed by atoms with van der Waals surface area (Å²) in [6.07, 6.45) is 0. The first-order chi connectivity index (χ1) is 9.60. The largest absolute Gasteiger partial charge is 0.495 e. The Morgan fingerprint density at radius 2 is 1.95 bits per heavy atom. The number of rotatable bonds is 5. The summed E-state index contributed by atoms with van der Waals surface area (Å²) >= 11 is 5.95. The van der Waals surface area contributed by atoms with Crippen molar-refractivity contribution in [1.82, 2.24) is 0 Å². The van der Waals surface area contributed by atoms with Gasteiger partial charge in [-0.1, -0.05) is 23.7 Å². The van der Waals surface area contributed by atoms with Crippen molar-refractivity contribution < 1.29 is 14.6 Å². The van der Waals surface area contributed by atoms with Crippen molar-refractivity contribution in [2.75, 3.05) is 12.4 Å². The standard InChI is InChI=1S/C15H14ClNO3/c1-20-14-7-6-12(16)8-13(14)17-9-10-2-4-11(5-3-10)15(18)19/h2-8,17H,9H2,1H3,(H,18,19).